The van der Waals surface area contributed by atoms with E-state index in [1.807, 2.05) is 36.1 Å². The van der Waals surface area contributed by atoms with Crippen LogP contribution in [0.2, 0.25) is 0 Å². The Morgan fingerprint density at radius 3 is 2.92 bits per heavy atom. The Labute approximate surface area is 147 Å². The van der Waals surface area contributed by atoms with Gasteiger partial charge in [-0.25, -0.2) is 4.39 Å². The Bertz CT molecular complexity index is 763. The SMILES string of the molecule is COc1ccc(C)cc1CC(=O)N1CCNCC1c1cccc(F)c1. The second-order valence-electron chi connectivity index (χ2n) is 6.35. The summed E-state index contributed by atoms with van der Waals surface area (Å²) in [5, 5.41) is 3.29. The van der Waals surface area contributed by atoms with E-state index in [1.54, 1.807) is 13.2 Å². The molecule has 0 saturated carbocycles. The standard InChI is InChI=1S/C20H23FN2O2/c1-14-6-7-19(25-2)16(10-14)12-20(24)23-9-8-22-13-18(23)15-4-3-5-17(21)11-15/h3-7,10-11,18,22H,8-9,12-13H2,1-2H3. The van der Waals surface area contributed by atoms with Crippen molar-refractivity contribution in [3.8, 4) is 5.75 Å². The van der Waals surface area contributed by atoms with Crippen LogP contribution < -0.4 is 10.1 Å². The zero-order valence-corrected chi connectivity index (χ0v) is 14.6. The molecule has 1 atom stereocenters. The van der Waals surface area contributed by atoms with Crippen LogP contribution in [0.3, 0.4) is 0 Å². The average Bonchev–Trinajstić information content (AvgIpc) is 2.62. The summed E-state index contributed by atoms with van der Waals surface area (Å²) in [6.45, 7) is 3.96. The number of hydrogen-bond donors (Lipinski definition) is 1. The Hall–Kier alpha value is -2.40. The van der Waals surface area contributed by atoms with Gasteiger partial charge in [0.05, 0.1) is 19.6 Å². The summed E-state index contributed by atoms with van der Waals surface area (Å²) in [5.74, 6) is 0.465. The van der Waals surface area contributed by atoms with Crippen LogP contribution in [-0.2, 0) is 11.2 Å². The summed E-state index contributed by atoms with van der Waals surface area (Å²) in [6, 6.07) is 12.2. The number of hydrogen-bond acceptors (Lipinski definition) is 3. The zero-order valence-electron chi connectivity index (χ0n) is 14.6. The van der Waals surface area contributed by atoms with Gasteiger partial charge in [0.1, 0.15) is 11.6 Å². The van der Waals surface area contributed by atoms with E-state index >= 15 is 0 Å². The summed E-state index contributed by atoms with van der Waals surface area (Å²) in [6.07, 6.45) is 0.274. The quantitative estimate of drug-likeness (QED) is 0.929. The van der Waals surface area contributed by atoms with Crippen LogP contribution in [-0.4, -0.2) is 37.6 Å². The van der Waals surface area contributed by atoms with Crippen molar-refractivity contribution >= 4 is 5.91 Å². The molecule has 4 nitrogen and oxygen atoms in total. The van der Waals surface area contributed by atoms with Crippen molar-refractivity contribution in [1.29, 1.82) is 0 Å². The number of carbonyl (C=O) groups excluding carboxylic acids is 1. The van der Waals surface area contributed by atoms with Crippen LogP contribution in [0, 0.1) is 12.7 Å². The zero-order chi connectivity index (χ0) is 17.8. The molecule has 1 aliphatic rings. The lowest BCUT2D eigenvalue weighted by Crippen LogP contribution is -2.49. The molecule has 1 N–H and O–H groups in total. The third-order valence-corrected chi connectivity index (χ3v) is 4.57. The predicted octanol–water partition coefficient (Wildman–Crippen LogP) is 2.86. The van der Waals surface area contributed by atoms with Crippen molar-refractivity contribution < 1.29 is 13.9 Å². The molecule has 0 aliphatic carbocycles. The van der Waals surface area contributed by atoms with Gasteiger partial charge in [0, 0.05) is 25.2 Å². The number of carbonyl (C=O) groups is 1. The van der Waals surface area contributed by atoms with E-state index in [1.165, 1.54) is 12.1 Å². The van der Waals surface area contributed by atoms with Crippen LogP contribution in [0.15, 0.2) is 42.5 Å². The molecule has 2 aromatic rings. The highest BCUT2D eigenvalue weighted by molar-refractivity contribution is 5.80. The van der Waals surface area contributed by atoms with Crippen LogP contribution in [0.4, 0.5) is 4.39 Å². The highest BCUT2D eigenvalue weighted by Crippen LogP contribution is 2.26. The molecule has 5 heteroatoms. The molecule has 1 heterocycles. The Morgan fingerprint density at radius 1 is 1.32 bits per heavy atom. The first-order chi connectivity index (χ1) is 12.1. The van der Waals surface area contributed by atoms with Gasteiger partial charge in [0.25, 0.3) is 0 Å². The largest absolute Gasteiger partial charge is 0.496 e. The van der Waals surface area contributed by atoms with E-state index in [4.69, 9.17) is 4.74 Å². The lowest BCUT2D eigenvalue weighted by molar-refractivity contribution is -0.133. The summed E-state index contributed by atoms with van der Waals surface area (Å²) >= 11 is 0. The highest BCUT2D eigenvalue weighted by atomic mass is 19.1. The van der Waals surface area contributed by atoms with Gasteiger partial charge in [-0.15, -0.1) is 0 Å². The first-order valence-corrected chi connectivity index (χ1v) is 8.47. The van der Waals surface area contributed by atoms with Crippen LogP contribution in [0.25, 0.3) is 0 Å². The minimum absolute atomic E-state index is 0.0275. The second-order valence-corrected chi connectivity index (χ2v) is 6.35. The maximum absolute atomic E-state index is 13.6. The molecular weight excluding hydrogens is 319 g/mol. The molecule has 1 saturated heterocycles. The number of nitrogens with zero attached hydrogens (tertiary/aromatic N) is 1. The number of benzene rings is 2. The van der Waals surface area contributed by atoms with Crippen LogP contribution in [0.1, 0.15) is 22.7 Å². The number of ether oxygens (including phenoxy) is 1. The molecule has 1 aliphatic heterocycles. The van der Waals surface area contributed by atoms with Gasteiger partial charge in [0.2, 0.25) is 5.91 Å². The van der Waals surface area contributed by atoms with Crippen LogP contribution in [0.5, 0.6) is 5.75 Å². The summed E-state index contributed by atoms with van der Waals surface area (Å²) in [5.41, 5.74) is 2.78. The lowest BCUT2D eigenvalue weighted by atomic mass is 10.0. The fourth-order valence-electron chi connectivity index (χ4n) is 3.32. The Kier molecular flexibility index (Phi) is 5.34. The topological polar surface area (TPSA) is 41.6 Å². The van der Waals surface area contributed by atoms with E-state index in [9.17, 15) is 9.18 Å². The minimum Gasteiger partial charge on any atom is -0.496 e. The Morgan fingerprint density at radius 2 is 2.16 bits per heavy atom. The number of piperazine rings is 1. The van der Waals surface area contributed by atoms with Gasteiger partial charge < -0.3 is 15.0 Å². The van der Waals surface area contributed by atoms with Gasteiger partial charge in [-0.1, -0.05) is 29.8 Å². The summed E-state index contributed by atoms with van der Waals surface area (Å²) in [7, 11) is 1.61. The summed E-state index contributed by atoms with van der Waals surface area (Å²) in [4.78, 5) is 14.8. The second kappa shape index (κ2) is 7.66. The number of aryl methyl sites for hydroxylation is 1. The number of methoxy groups -OCH3 is 1. The highest BCUT2D eigenvalue weighted by Gasteiger charge is 2.28. The molecule has 0 radical (unpaired) electrons. The molecule has 0 bridgehead atoms. The first-order valence-electron chi connectivity index (χ1n) is 8.47. The fourth-order valence-corrected chi connectivity index (χ4v) is 3.32. The number of rotatable bonds is 4. The van der Waals surface area contributed by atoms with Crippen molar-refractivity contribution in [2.45, 2.75) is 19.4 Å². The summed E-state index contributed by atoms with van der Waals surface area (Å²) < 4.78 is 19.0. The molecule has 25 heavy (non-hydrogen) atoms. The number of halogens is 1. The van der Waals surface area contributed by atoms with E-state index in [2.05, 4.69) is 5.32 Å². The van der Waals surface area contributed by atoms with Crippen LogP contribution >= 0.6 is 0 Å². The van der Waals surface area contributed by atoms with Crippen molar-refractivity contribution in [1.82, 2.24) is 10.2 Å². The molecule has 132 valence electrons. The van der Waals surface area contributed by atoms with Crippen molar-refractivity contribution in [3.63, 3.8) is 0 Å². The van der Waals surface area contributed by atoms with Gasteiger partial charge >= 0.3 is 0 Å². The molecule has 1 unspecified atom stereocenters. The van der Waals surface area contributed by atoms with E-state index < -0.39 is 0 Å². The lowest BCUT2D eigenvalue weighted by Gasteiger charge is -2.36. The molecule has 1 fully saturated rings. The maximum atomic E-state index is 13.6. The van der Waals surface area contributed by atoms with Gasteiger partial charge in [-0.3, -0.25) is 4.79 Å². The van der Waals surface area contributed by atoms with E-state index in [0.717, 1.165) is 29.0 Å². The molecule has 2 aromatic carbocycles. The minimum atomic E-state index is -0.282. The maximum Gasteiger partial charge on any atom is 0.227 e. The fraction of sp³-hybridized carbons (Fsp3) is 0.350. The monoisotopic (exact) mass is 342 g/mol. The van der Waals surface area contributed by atoms with E-state index in [0.29, 0.717) is 13.1 Å². The van der Waals surface area contributed by atoms with Crippen molar-refractivity contribution in [2.75, 3.05) is 26.7 Å². The number of nitrogens with one attached hydrogen (secondary N) is 1. The average molecular weight is 342 g/mol. The van der Waals surface area contributed by atoms with Crippen molar-refractivity contribution in [2.24, 2.45) is 0 Å². The molecule has 0 aromatic heterocycles. The molecule has 3 rings (SSSR count). The molecule has 1 amide bonds. The molecule has 0 spiro atoms. The predicted molar refractivity (Wildman–Crippen MR) is 95.2 cm³/mol. The number of amides is 1. The normalized spacial score (nSPS) is 17.4. The third kappa shape index (κ3) is 3.99. The van der Waals surface area contributed by atoms with E-state index in [-0.39, 0.29) is 24.2 Å². The van der Waals surface area contributed by atoms with Gasteiger partial charge in [-0.05, 0) is 30.7 Å². The molecular formula is C20H23FN2O2. The first kappa shape index (κ1) is 17.4. The van der Waals surface area contributed by atoms with Gasteiger partial charge in [0.15, 0.2) is 0 Å². The Balaban J connectivity index is 1.83. The van der Waals surface area contributed by atoms with Gasteiger partial charge in [-0.2, -0.15) is 0 Å². The smallest absolute Gasteiger partial charge is 0.227 e. The van der Waals surface area contributed by atoms with Crippen molar-refractivity contribution in [3.05, 3.63) is 65.0 Å². The third-order valence-electron chi connectivity index (χ3n) is 4.57.